The van der Waals surface area contributed by atoms with Gasteiger partial charge in [-0.1, -0.05) is 43.2 Å². The van der Waals surface area contributed by atoms with Crippen LogP contribution in [0, 0.1) is 0 Å². The fraction of sp³-hybridized carbons (Fsp3) is 0.389. The Labute approximate surface area is 136 Å². The van der Waals surface area contributed by atoms with Gasteiger partial charge in [-0.05, 0) is 30.5 Å². The van der Waals surface area contributed by atoms with Gasteiger partial charge >= 0.3 is 0 Å². The zero-order valence-corrected chi connectivity index (χ0v) is 13.2. The highest BCUT2D eigenvalue weighted by Crippen LogP contribution is 2.17. The Balaban J connectivity index is 1.57. The molecule has 1 amide bonds. The molecule has 0 radical (unpaired) electrons. The van der Waals surface area contributed by atoms with Crippen molar-refractivity contribution >= 4 is 17.5 Å². The quantitative estimate of drug-likeness (QED) is 0.943. The molecule has 1 aromatic carbocycles. The van der Waals surface area contributed by atoms with Crippen LogP contribution in [0.3, 0.4) is 0 Å². The number of hydrogen-bond donors (Lipinski definition) is 1. The second kappa shape index (κ2) is 7.72. The predicted octanol–water partition coefficient (Wildman–Crippen LogP) is 3.04. The molecule has 23 heavy (non-hydrogen) atoms. The maximum atomic E-state index is 12.0. The fourth-order valence-corrected chi connectivity index (χ4v) is 2.83. The molecular weight excluding hydrogens is 288 g/mol. The molecule has 5 nitrogen and oxygen atoms in total. The van der Waals surface area contributed by atoms with E-state index in [9.17, 15) is 4.79 Å². The lowest BCUT2D eigenvalue weighted by molar-refractivity contribution is -0.115. The normalized spacial score (nSPS) is 15.0. The lowest BCUT2D eigenvalue weighted by Gasteiger charge is -2.20. The van der Waals surface area contributed by atoms with E-state index < -0.39 is 0 Å². The highest BCUT2D eigenvalue weighted by molar-refractivity contribution is 5.91. The second-order valence-electron chi connectivity index (χ2n) is 5.89. The molecule has 1 fully saturated rings. The minimum atomic E-state index is -0.0759. The fourth-order valence-electron chi connectivity index (χ4n) is 2.83. The van der Waals surface area contributed by atoms with Gasteiger partial charge in [-0.2, -0.15) is 0 Å². The molecule has 1 saturated heterocycles. The van der Waals surface area contributed by atoms with E-state index in [0.29, 0.717) is 12.2 Å². The second-order valence-corrected chi connectivity index (χ2v) is 5.89. The van der Waals surface area contributed by atoms with Crippen LogP contribution in [0.1, 0.15) is 31.2 Å². The molecule has 0 spiro atoms. The van der Waals surface area contributed by atoms with Crippen molar-refractivity contribution in [3.05, 3.63) is 48.0 Å². The van der Waals surface area contributed by atoms with Crippen LogP contribution in [0.4, 0.5) is 11.6 Å². The third-order valence-corrected chi connectivity index (χ3v) is 4.06. The maximum Gasteiger partial charge on any atom is 0.229 e. The summed E-state index contributed by atoms with van der Waals surface area (Å²) in [6.45, 7) is 2.07. The molecule has 0 aliphatic carbocycles. The van der Waals surface area contributed by atoms with Crippen molar-refractivity contribution in [3.8, 4) is 0 Å². The van der Waals surface area contributed by atoms with Gasteiger partial charge in [0, 0.05) is 13.1 Å². The summed E-state index contributed by atoms with van der Waals surface area (Å²) in [6, 6.07) is 13.4. The van der Waals surface area contributed by atoms with Crippen LogP contribution in [-0.4, -0.2) is 29.2 Å². The SMILES string of the molecule is O=C(Cc1ccccc1)Nc1ccc(N2CCCCCC2)nn1. The molecule has 1 N–H and O–H groups in total. The molecule has 1 aliphatic rings. The van der Waals surface area contributed by atoms with Crippen LogP contribution < -0.4 is 10.2 Å². The lowest BCUT2D eigenvalue weighted by atomic mass is 10.1. The molecule has 0 atom stereocenters. The summed E-state index contributed by atoms with van der Waals surface area (Å²) >= 11 is 0. The number of aromatic nitrogens is 2. The van der Waals surface area contributed by atoms with E-state index in [0.717, 1.165) is 24.5 Å². The molecule has 1 aliphatic heterocycles. The van der Waals surface area contributed by atoms with E-state index in [4.69, 9.17) is 0 Å². The minimum Gasteiger partial charge on any atom is -0.355 e. The molecule has 3 rings (SSSR count). The van der Waals surface area contributed by atoms with Crippen LogP contribution in [-0.2, 0) is 11.2 Å². The molecule has 2 aromatic rings. The number of rotatable bonds is 4. The smallest absolute Gasteiger partial charge is 0.229 e. The summed E-state index contributed by atoms with van der Waals surface area (Å²) in [7, 11) is 0. The largest absolute Gasteiger partial charge is 0.355 e. The molecule has 0 unspecified atom stereocenters. The van der Waals surface area contributed by atoms with E-state index >= 15 is 0 Å². The van der Waals surface area contributed by atoms with Crippen molar-refractivity contribution in [3.63, 3.8) is 0 Å². The van der Waals surface area contributed by atoms with E-state index in [1.165, 1.54) is 25.7 Å². The number of carbonyl (C=O) groups excluding carboxylic acids is 1. The van der Waals surface area contributed by atoms with Gasteiger partial charge < -0.3 is 10.2 Å². The Morgan fingerprint density at radius 2 is 1.70 bits per heavy atom. The highest BCUT2D eigenvalue weighted by Gasteiger charge is 2.12. The van der Waals surface area contributed by atoms with Gasteiger partial charge in [-0.15, -0.1) is 10.2 Å². The Kier molecular flexibility index (Phi) is 5.19. The number of anilines is 2. The Hall–Kier alpha value is -2.43. The van der Waals surface area contributed by atoms with Crippen molar-refractivity contribution in [2.75, 3.05) is 23.3 Å². The van der Waals surface area contributed by atoms with Crippen molar-refractivity contribution < 1.29 is 4.79 Å². The van der Waals surface area contributed by atoms with Crippen molar-refractivity contribution in [1.29, 1.82) is 0 Å². The van der Waals surface area contributed by atoms with Crippen molar-refractivity contribution in [2.45, 2.75) is 32.1 Å². The molecule has 2 heterocycles. The Morgan fingerprint density at radius 1 is 0.957 bits per heavy atom. The first-order valence-corrected chi connectivity index (χ1v) is 8.24. The van der Waals surface area contributed by atoms with Gasteiger partial charge in [0.15, 0.2) is 11.6 Å². The summed E-state index contributed by atoms with van der Waals surface area (Å²) in [6.07, 6.45) is 5.33. The minimum absolute atomic E-state index is 0.0759. The Morgan fingerprint density at radius 3 is 2.35 bits per heavy atom. The first-order valence-electron chi connectivity index (χ1n) is 8.24. The average Bonchev–Trinajstić information content (AvgIpc) is 2.86. The van der Waals surface area contributed by atoms with Gasteiger partial charge in [-0.25, -0.2) is 0 Å². The number of nitrogens with zero attached hydrogens (tertiary/aromatic N) is 3. The first kappa shape index (κ1) is 15.5. The number of nitrogens with one attached hydrogen (secondary N) is 1. The monoisotopic (exact) mass is 310 g/mol. The summed E-state index contributed by atoms with van der Waals surface area (Å²) in [5.74, 6) is 1.32. The van der Waals surface area contributed by atoms with Gasteiger partial charge in [0.2, 0.25) is 5.91 Å². The lowest BCUT2D eigenvalue weighted by Crippen LogP contribution is -2.25. The average molecular weight is 310 g/mol. The molecular formula is C18H22N4O. The summed E-state index contributed by atoms with van der Waals surface area (Å²) in [4.78, 5) is 14.3. The number of carbonyl (C=O) groups is 1. The van der Waals surface area contributed by atoms with Gasteiger partial charge in [-0.3, -0.25) is 4.79 Å². The molecule has 5 heteroatoms. The third kappa shape index (κ3) is 4.52. The van der Waals surface area contributed by atoms with Gasteiger partial charge in [0.1, 0.15) is 0 Å². The standard InChI is InChI=1S/C18H22N4O/c23-18(14-15-8-4-3-5-9-15)19-16-10-11-17(21-20-16)22-12-6-1-2-7-13-22/h3-5,8-11H,1-2,6-7,12-14H2,(H,19,20,23). The molecule has 120 valence electrons. The van der Waals surface area contributed by atoms with Crippen LogP contribution >= 0.6 is 0 Å². The molecule has 0 bridgehead atoms. The number of amides is 1. The topological polar surface area (TPSA) is 58.1 Å². The Bertz CT molecular complexity index is 619. The molecule has 0 saturated carbocycles. The van der Waals surface area contributed by atoms with Crippen LogP contribution in [0.2, 0.25) is 0 Å². The number of hydrogen-bond acceptors (Lipinski definition) is 4. The zero-order valence-electron chi connectivity index (χ0n) is 13.2. The predicted molar refractivity (Wildman–Crippen MR) is 91.5 cm³/mol. The molecule has 1 aromatic heterocycles. The van der Waals surface area contributed by atoms with E-state index in [1.807, 2.05) is 42.5 Å². The summed E-state index contributed by atoms with van der Waals surface area (Å²) < 4.78 is 0. The summed E-state index contributed by atoms with van der Waals surface area (Å²) in [5, 5.41) is 11.2. The van der Waals surface area contributed by atoms with Gasteiger partial charge in [0.05, 0.1) is 6.42 Å². The van der Waals surface area contributed by atoms with Crippen molar-refractivity contribution in [1.82, 2.24) is 10.2 Å². The van der Waals surface area contributed by atoms with Gasteiger partial charge in [0.25, 0.3) is 0 Å². The van der Waals surface area contributed by atoms with Crippen LogP contribution in [0.15, 0.2) is 42.5 Å². The maximum absolute atomic E-state index is 12.0. The van der Waals surface area contributed by atoms with Crippen LogP contribution in [0.5, 0.6) is 0 Å². The zero-order chi connectivity index (χ0) is 15.9. The number of benzene rings is 1. The summed E-state index contributed by atoms with van der Waals surface area (Å²) in [5.41, 5.74) is 0.985. The van der Waals surface area contributed by atoms with Crippen LogP contribution in [0.25, 0.3) is 0 Å². The van der Waals surface area contributed by atoms with E-state index in [-0.39, 0.29) is 5.91 Å². The van der Waals surface area contributed by atoms with E-state index in [1.54, 1.807) is 0 Å². The third-order valence-electron chi connectivity index (χ3n) is 4.06. The van der Waals surface area contributed by atoms with E-state index in [2.05, 4.69) is 20.4 Å². The van der Waals surface area contributed by atoms with Crippen molar-refractivity contribution in [2.24, 2.45) is 0 Å². The highest BCUT2D eigenvalue weighted by atomic mass is 16.1. The first-order chi connectivity index (χ1) is 11.3.